The fraction of sp³-hybridized carbons (Fsp3) is 0.125. The Morgan fingerprint density at radius 2 is 1.35 bits per heavy atom. The van der Waals surface area contributed by atoms with Gasteiger partial charge in [0.15, 0.2) is 0 Å². The van der Waals surface area contributed by atoms with E-state index in [9.17, 15) is 9.59 Å². The van der Waals surface area contributed by atoms with E-state index in [1.807, 2.05) is 30.3 Å². The lowest BCUT2D eigenvalue weighted by Crippen LogP contribution is -2.00. The lowest BCUT2D eigenvalue weighted by molar-refractivity contribution is -0.137. The molecule has 20 heavy (non-hydrogen) atoms. The van der Waals surface area contributed by atoms with Crippen molar-refractivity contribution in [3.05, 3.63) is 59.7 Å². The van der Waals surface area contributed by atoms with Crippen molar-refractivity contribution in [2.75, 3.05) is 0 Å². The minimum atomic E-state index is -0.862. The molecule has 102 valence electrons. The number of carboxylic acid groups (broad SMARTS) is 2. The third-order valence-corrected chi connectivity index (χ3v) is 2.92. The summed E-state index contributed by atoms with van der Waals surface area (Å²) in [6, 6.07) is 14.6. The maximum absolute atomic E-state index is 10.7. The van der Waals surface area contributed by atoms with Crippen LogP contribution in [0.4, 0.5) is 0 Å². The van der Waals surface area contributed by atoms with Crippen LogP contribution in [0.2, 0.25) is 0 Å². The lowest BCUT2D eigenvalue weighted by Gasteiger charge is -2.05. The minimum absolute atomic E-state index is 0.000661. The topological polar surface area (TPSA) is 74.6 Å². The highest BCUT2D eigenvalue weighted by Crippen LogP contribution is 2.21. The van der Waals surface area contributed by atoms with Gasteiger partial charge in [0.1, 0.15) is 0 Å². The quantitative estimate of drug-likeness (QED) is 0.875. The van der Waals surface area contributed by atoms with E-state index in [-0.39, 0.29) is 12.8 Å². The summed E-state index contributed by atoms with van der Waals surface area (Å²) in [5.41, 5.74) is 3.34. The van der Waals surface area contributed by atoms with Gasteiger partial charge in [-0.15, -0.1) is 0 Å². The van der Waals surface area contributed by atoms with Crippen LogP contribution in [0.25, 0.3) is 11.1 Å². The van der Waals surface area contributed by atoms with Crippen LogP contribution in [-0.4, -0.2) is 22.2 Å². The van der Waals surface area contributed by atoms with Gasteiger partial charge in [0.05, 0.1) is 12.8 Å². The first kappa shape index (κ1) is 13.8. The number of carbonyl (C=O) groups is 2. The first-order valence-corrected chi connectivity index (χ1v) is 6.16. The summed E-state index contributed by atoms with van der Waals surface area (Å²) < 4.78 is 0. The average molecular weight is 270 g/mol. The number of hydrogen-bond donors (Lipinski definition) is 2. The Labute approximate surface area is 116 Å². The summed E-state index contributed by atoms with van der Waals surface area (Å²) in [6.07, 6.45) is -0.00965. The maximum Gasteiger partial charge on any atom is 0.307 e. The van der Waals surface area contributed by atoms with E-state index in [2.05, 4.69) is 0 Å². The van der Waals surface area contributed by atoms with Crippen LogP contribution < -0.4 is 0 Å². The molecule has 0 aromatic heterocycles. The molecule has 0 fully saturated rings. The van der Waals surface area contributed by atoms with Gasteiger partial charge in [-0.1, -0.05) is 48.5 Å². The van der Waals surface area contributed by atoms with E-state index in [0.717, 1.165) is 22.3 Å². The highest BCUT2D eigenvalue weighted by Gasteiger charge is 2.04. The highest BCUT2D eigenvalue weighted by atomic mass is 16.4. The van der Waals surface area contributed by atoms with Crippen molar-refractivity contribution in [2.45, 2.75) is 12.8 Å². The maximum atomic E-state index is 10.7. The normalized spacial score (nSPS) is 10.2. The van der Waals surface area contributed by atoms with Crippen molar-refractivity contribution in [1.29, 1.82) is 0 Å². The molecule has 2 aromatic carbocycles. The summed E-state index contributed by atoms with van der Waals surface area (Å²) in [6.45, 7) is 0. The van der Waals surface area contributed by atoms with Crippen LogP contribution in [-0.2, 0) is 22.4 Å². The fourth-order valence-corrected chi connectivity index (χ4v) is 2.03. The molecule has 2 N–H and O–H groups in total. The SMILES string of the molecule is O=C(O)Cc1ccc(-c2cccc(CC(=O)O)c2)cc1. The first-order chi connectivity index (χ1) is 9.54. The Morgan fingerprint density at radius 1 is 0.750 bits per heavy atom. The second-order valence-corrected chi connectivity index (χ2v) is 4.54. The van der Waals surface area contributed by atoms with Crippen molar-refractivity contribution in [3.8, 4) is 11.1 Å². The molecular weight excluding hydrogens is 256 g/mol. The van der Waals surface area contributed by atoms with Crippen LogP contribution in [0.1, 0.15) is 11.1 Å². The van der Waals surface area contributed by atoms with Gasteiger partial charge in [-0.2, -0.15) is 0 Å². The molecule has 2 rings (SSSR count). The molecular formula is C16H14O4. The van der Waals surface area contributed by atoms with Crippen molar-refractivity contribution in [3.63, 3.8) is 0 Å². The number of rotatable bonds is 5. The molecule has 0 aliphatic carbocycles. The molecule has 0 saturated carbocycles. The average Bonchev–Trinajstić information content (AvgIpc) is 2.38. The zero-order chi connectivity index (χ0) is 14.5. The molecule has 0 heterocycles. The molecule has 2 aromatic rings. The van der Waals surface area contributed by atoms with Gasteiger partial charge in [-0.05, 0) is 22.3 Å². The molecule has 0 atom stereocenters. The summed E-state index contributed by atoms with van der Waals surface area (Å²) in [4.78, 5) is 21.3. The third kappa shape index (κ3) is 3.68. The van der Waals surface area contributed by atoms with Crippen molar-refractivity contribution in [1.82, 2.24) is 0 Å². The van der Waals surface area contributed by atoms with Gasteiger partial charge in [-0.25, -0.2) is 0 Å². The van der Waals surface area contributed by atoms with Crippen molar-refractivity contribution in [2.24, 2.45) is 0 Å². The van der Waals surface area contributed by atoms with E-state index >= 15 is 0 Å². The zero-order valence-corrected chi connectivity index (χ0v) is 10.7. The molecule has 0 aliphatic heterocycles. The molecule has 0 spiro atoms. The summed E-state index contributed by atoms with van der Waals surface area (Å²) in [7, 11) is 0. The molecule has 0 radical (unpaired) electrons. The molecule has 0 amide bonds. The highest BCUT2D eigenvalue weighted by molar-refractivity contribution is 5.73. The predicted octanol–water partition coefficient (Wildman–Crippen LogP) is 2.61. The molecule has 0 aliphatic rings. The predicted molar refractivity (Wildman–Crippen MR) is 74.6 cm³/mol. The zero-order valence-electron chi connectivity index (χ0n) is 10.7. The molecule has 0 bridgehead atoms. The van der Waals surface area contributed by atoms with Crippen LogP contribution in [0.5, 0.6) is 0 Å². The van der Waals surface area contributed by atoms with Crippen LogP contribution >= 0.6 is 0 Å². The monoisotopic (exact) mass is 270 g/mol. The Hall–Kier alpha value is -2.62. The summed E-state index contributed by atoms with van der Waals surface area (Å²) in [5.74, 6) is -1.72. The van der Waals surface area contributed by atoms with E-state index in [4.69, 9.17) is 10.2 Å². The summed E-state index contributed by atoms with van der Waals surface area (Å²) >= 11 is 0. The smallest absolute Gasteiger partial charge is 0.307 e. The van der Waals surface area contributed by atoms with Crippen LogP contribution in [0, 0.1) is 0 Å². The molecule has 4 nitrogen and oxygen atoms in total. The van der Waals surface area contributed by atoms with Crippen LogP contribution in [0.3, 0.4) is 0 Å². The molecule has 4 heteroatoms. The van der Waals surface area contributed by atoms with Gasteiger partial charge in [0.25, 0.3) is 0 Å². The van der Waals surface area contributed by atoms with E-state index < -0.39 is 11.9 Å². The second kappa shape index (κ2) is 6.02. The Bertz CT molecular complexity index is 629. The third-order valence-electron chi connectivity index (χ3n) is 2.92. The van der Waals surface area contributed by atoms with E-state index in [1.54, 1.807) is 18.2 Å². The van der Waals surface area contributed by atoms with Crippen molar-refractivity contribution < 1.29 is 19.8 Å². The van der Waals surface area contributed by atoms with Gasteiger partial charge in [0.2, 0.25) is 0 Å². The van der Waals surface area contributed by atoms with Gasteiger partial charge in [0, 0.05) is 0 Å². The Kier molecular flexibility index (Phi) is 4.15. The van der Waals surface area contributed by atoms with E-state index in [1.165, 1.54) is 0 Å². The number of benzene rings is 2. The number of hydrogen-bond acceptors (Lipinski definition) is 2. The largest absolute Gasteiger partial charge is 0.481 e. The van der Waals surface area contributed by atoms with E-state index in [0.29, 0.717) is 0 Å². The van der Waals surface area contributed by atoms with Gasteiger partial charge >= 0.3 is 11.9 Å². The molecule has 0 unspecified atom stereocenters. The first-order valence-electron chi connectivity index (χ1n) is 6.16. The Morgan fingerprint density at radius 3 is 1.95 bits per heavy atom. The van der Waals surface area contributed by atoms with Crippen LogP contribution in [0.15, 0.2) is 48.5 Å². The lowest BCUT2D eigenvalue weighted by atomic mass is 10.00. The minimum Gasteiger partial charge on any atom is -0.481 e. The molecule has 0 saturated heterocycles. The fourth-order valence-electron chi connectivity index (χ4n) is 2.03. The second-order valence-electron chi connectivity index (χ2n) is 4.54. The van der Waals surface area contributed by atoms with Gasteiger partial charge in [-0.3, -0.25) is 9.59 Å². The number of aliphatic carboxylic acids is 2. The standard InChI is InChI=1S/C16H14O4/c17-15(18)9-11-4-6-13(7-5-11)14-3-1-2-12(8-14)10-16(19)20/h1-8H,9-10H2,(H,17,18)(H,19,20). The van der Waals surface area contributed by atoms with Crippen molar-refractivity contribution >= 4 is 11.9 Å². The summed E-state index contributed by atoms with van der Waals surface area (Å²) in [5, 5.41) is 17.5. The number of carboxylic acids is 2. The van der Waals surface area contributed by atoms with Gasteiger partial charge < -0.3 is 10.2 Å². The Balaban J connectivity index is 2.22.